The van der Waals surface area contributed by atoms with Gasteiger partial charge < -0.3 is 119 Å². The summed E-state index contributed by atoms with van der Waals surface area (Å²) in [5.74, 6) is -0.135. The summed E-state index contributed by atoms with van der Waals surface area (Å²) in [6.07, 6.45) is -23.0. The van der Waals surface area contributed by atoms with E-state index in [4.69, 9.17) is 42.6 Å². The molecule has 8 unspecified atom stereocenters. The van der Waals surface area contributed by atoms with Crippen molar-refractivity contribution in [1.29, 1.82) is 0 Å². The summed E-state index contributed by atoms with van der Waals surface area (Å²) >= 11 is 0. The van der Waals surface area contributed by atoms with Crippen molar-refractivity contribution in [2.45, 2.75) is 226 Å². The van der Waals surface area contributed by atoms with E-state index in [2.05, 4.69) is 26.8 Å². The Kier molecular flexibility index (Phi) is 17.9. The first-order valence-corrected chi connectivity index (χ1v) is 27.1. The first-order chi connectivity index (χ1) is 35.5. The number of aliphatic hydroxyl groups is 15. The lowest BCUT2D eigenvalue weighted by Gasteiger charge is -2.59. The second-order valence-corrected chi connectivity index (χ2v) is 23.9. The number of fused-ring (bicyclic) bond motifs is 7. The molecule has 5 heterocycles. The van der Waals surface area contributed by atoms with Gasteiger partial charge in [0.1, 0.15) is 97.7 Å². The average molecular weight is 1080 g/mol. The van der Waals surface area contributed by atoms with E-state index in [1.54, 1.807) is 0 Å². The smallest absolute Gasteiger partial charge is 0.187 e. The summed E-state index contributed by atoms with van der Waals surface area (Å²) in [6.45, 7) is 6.27. The highest BCUT2D eigenvalue weighted by atomic mass is 16.8. The Bertz CT molecular complexity index is 1930. The van der Waals surface area contributed by atoms with Crippen LogP contribution in [0, 0.1) is 46.3 Å². The maximum absolute atomic E-state index is 12.1. The van der Waals surface area contributed by atoms with Crippen molar-refractivity contribution < 1.29 is 119 Å². The van der Waals surface area contributed by atoms with Crippen molar-refractivity contribution in [2.75, 3.05) is 33.0 Å². The number of allylic oxidation sites excluding steroid dienone is 1. The van der Waals surface area contributed by atoms with Gasteiger partial charge in [-0.15, -0.1) is 0 Å². The minimum atomic E-state index is -1.87. The van der Waals surface area contributed by atoms with Crippen LogP contribution >= 0.6 is 0 Å². The standard InChI is InChI=1S/C51H84O24/c1-20(18-67-45-40(62)37(59)33(55)28(15-52)70-45)7-12-51(66)21(2)32-27(75-51)14-26-24-6-5-22-13-23(8-10-49(22,3)25(24)9-11-50(26,32)4)69-47-41(63)39(61)35(57)31(73-47)19-68-46-43(65)44(36(58)30(17-54)71-46)74-48-42(64)38(60)34(56)29(16-53)72-48/h13,20-21,23-48,52-66H,5-12,14-19H2,1-4H3/t20?,21?,23-,24?,25?,26?,27?,28+,29+,30+,31+,32?,33+,34+,35+,36+,37-,38-,39-,40+,41+,42+,43+,44+,45+,46+,47+,48?,49-,50-,51+/m0/s1. The zero-order chi connectivity index (χ0) is 54.2. The highest BCUT2D eigenvalue weighted by Gasteiger charge is 2.68. The Morgan fingerprint density at radius 3 is 1.79 bits per heavy atom. The number of rotatable bonds is 16. The summed E-state index contributed by atoms with van der Waals surface area (Å²) in [6, 6.07) is 0. The van der Waals surface area contributed by atoms with Crippen molar-refractivity contribution in [1.82, 2.24) is 0 Å². The molecule has 432 valence electrons. The van der Waals surface area contributed by atoms with Crippen LogP contribution in [0.1, 0.15) is 85.5 Å². The van der Waals surface area contributed by atoms with Gasteiger partial charge in [-0.3, -0.25) is 0 Å². The summed E-state index contributed by atoms with van der Waals surface area (Å²) < 4.78 is 52.8. The van der Waals surface area contributed by atoms with E-state index >= 15 is 0 Å². The number of ether oxygens (including phenoxy) is 9. The first kappa shape index (κ1) is 58.4. The molecule has 5 aliphatic heterocycles. The summed E-state index contributed by atoms with van der Waals surface area (Å²) in [7, 11) is 0. The first-order valence-electron chi connectivity index (χ1n) is 27.1. The highest BCUT2D eigenvalue weighted by molar-refractivity contribution is 5.26. The topological polar surface area (TPSA) is 387 Å². The Labute approximate surface area is 435 Å². The molecule has 0 spiro atoms. The molecule has 0 radical (unpaired) electrons. The van der Waals surface area contributed by atoms with Crippen LogP contribution in [0.15, 0.2) is 11.6 Å². The van der Waals surface area contributed by atoms with E-state index in [0.29, 0.717) is 37.0 Å². The molecule has 0 amide bonds. The molecular weight excluding hydrogens is 997 g/mol. The highest BCUT2D eigenvalue weighted by Crippen LogP contribution is 2.70. The molecule has 8 fully saturated rings. The molecule has 9 aliphatic rings. The van der Waals surface area contributed by atoms with Gasteiger partial charge >= 0.3 is 0 Å². The van der Waals surface area contributed by atoms with E-state index in [0.717, 1.165) is 38.5 Å². The Balaban J connectivity index is 0.784. The second-order valence-electron chi connectivity index (χ2n) is 23.9. The van der Waals surface area contributed by atoms with Crippen LogP contribution in [0.5, 0.6) is 0 Å². The van der Waals surface area contributed by atoms with Gasteiger partial charge in [-0.1, -0.05) is 39.3 Å². The van der Waals surface area contributed by atoms with Crippen molar-refractivity contribution in [3.05, 3.63) is 11.6 Å². The van der Waals surface area contributed by atoms with Gasteiger partial charge in [0.15, 0.2) is 30.9 Å². The van der Waals surface area contributed by atoms with Crippen LogP contribution in [0.3, 0.4) is 0 Å². The third kappa shape index (κ3) is 10.7. The molecule has 24 heteroatoms. The lowest BCUT2D eigenvalue weighted by Crippen LogP contribution is -2.65. The minimum Gasteiger partial charge on any atom is -0.394 e. The predicted molar refractivity (Wildman–Crippen MR) is 252 cm³/mol. The Morgan fingerprint density at radius 2 is 1.16 bits per heavy atom. The van der Waals surface area contributed by atoms with E-state index in [1.165, 1.54) is 5.57 Å². The van der Waals surface area contributed by atoms with Gasteiger partial charge in [0.05, 0.1) is 45.2 Å². The maximum atomic E-state index is 12.1. The second kappa shape index (κ2) is 23.0. The van der Waals surface area contributed by atoms with Crippen LogP contribution in [0.2, 0.25) is 0 Å². The molecule has 4 aliphatic carbocycles. The quantitative estimate of drug-likeness (QED) is 0.0655. The monoisotopic (exact) mass is 1080 g/mol. The fourth-order valence-corrected chi connectivity index (χ4v) is 15.0. The van der Waals surface area contributed by atoms with E-state index < -0.39 is 161 Å². The molecule has 5 saturated heterocycles. The molecule has 75 heavy (non-hydrogen) atoms. The molecule has 24 nitrogen and oxygen atoms in total. The molecule has 0 bridgehead atoms. The van der Waals surface area contributed by atoms with E-state index in [9.17, 15) is 76.6 Å². The van der Waals surface area contributed by atoms with Gasteiger partial charge in [0.25, 0.3) is 0 Å². The third-order valence-corrected chi connectivity index (χ3v) is 19.5. The molecule has 31 atom stereocenters. The summed E-state index contributed by atoms with van der Waals surface area (Å²) in [5.41, 5.74) is 1.10. The van der Waals surface area contributed by atoms with Gasteiger partial charge in [-0.25, -0.2) is 0 Å². The van der Waals surface area contributed by atoms with Crippen LogP contribution < -0.4 is 0 Å². The number of hydrogen-bond donors (Lipinski definition) is 15. The summed E-state index contributed by atoms with van der Waals surface area (Å²) in [4.78, 5) is 0. The number of aliphatic hydroxyl groups excluding tert-OH is 14. The van der Waals surface area contributed by atoms with Crippen LogP contribution in [-0.4, -0.2) is 250 Å². The molecule has 15 N–H and O–H groups in total. The molecule has 9 rings (SSSR count). The SMILES string of the molecule is CC(CC[C@@]1(O)OC2CC3C4CCC5=C[C@@H](O[C@@H]6O[C@H](CO[C@@H]7O[C@H](CO)[C@@H](O)[C@@H](OC8O[C@H](CO)[C@@H](O)[C@H](O)[C@H]8O)[C@H]7O)[C@@H](O)[C@H](O)[C@H]6O)CC[C@]5(C)C4CC[C@]3(C)C2C1C)CO[C@@H]1O[C@H](CO)[C@@H](O)[C@H](O)[C@H]1O. The zero-order valence-electron chi connectivity index (χ0n) is 43.0. The lowest BCUT2D eigenvalue weighted by molar-refractivity contribution is -0.366. The predicted octanol–water partition coefficient (Wildman–Crippen LogP) is -4.03. The fourth-order valence-electron chi connectivity index (χ4n) is 15.0. The lowest BCUT2D eigenvalue weighted by atomic mass is 9.46. The molecule has 3 saturated carbocycles. The van der Waals surface area contributed by atoms with Gasteiger partial charge in [-0.2, -0.15) is 0 Å². The van der Waals surface area contributed by atoms with Crippen LogP contribution in [-0.2, 0) is 42.6 Å². The van der Waals surface area contributed by atoms with Crippen LogP contribution in [0.25, 0.3) is 0 Å². The van der Waals surface area contributed by atoms with Crippen molar-refractivity contribution >= 4 is 0 Å². The maximum Gasteiger partial charge on any atom is 0.187 e. The average Bonchev–Trinajstić information content (AvgIpc) is 3.89. The van der Waals surface area contributed by atoms with Gasteiger partial charge in [0.2, 0.25) is 0 Å². The van der Waals surface area contributed by atoms with Crippen molar-refractivity contribution in [3.8, 4) is 0 Å². The molecule has 0 aromatic rings. The Hall–Kier alpha value is -1.22. The zero-order valence-corrected chi connectivity index (χ0v) is 43.0. The van der Waals surface area contributed by atoms with Crippen molar-refractivity contribution in [2.24, 2.45) is 46.3 Å². The molecule has 0 aromatic heterocycles. The Morgan fingerprint density at radius 1 is 0.613 bits per heavy atom. The largest absolute Gasteiger partial charge is 0.394 e. The molecule has 0 aromatic carbocycles. The van der Waals surface area contributed by atoms with Gasteiger partial charge in [0, 0.05) is 12.3 Å². The fraction of sp³-hybridized carbons (Fsp3) is 0.961. The normalized spacial score (nSPS) is 54.3. The van der Waals surface area contributed by atoms with E-state index in [-0.39, 0.29) is 41.3 Å². The van der Waals surface area contributed by atoms with E-state index in [1.807, 2.05) is 6.92 Å². The minimum absolute atomic E-state index is 0.0435. The van der Waals surface area contributed by atoms with Gasteiger partial charge in [-0.05, 0) is 91.8 Å². The third-order valence-electron chi connectivity index (χ3n) is 19.5. The summed E-state index contributed by atoms with van der Waals surface area (Å²) in [5, 5.41) is 158. The van der Waals surface area contributed by atoms with Crippen molar-refractivity contribution in [3.63, 3.8) is 0 Å². The molecular formula is C51H84O24. The number of hydrogen-bond acceptors (Lipinski definition) is 24. The van der Waals surface area contributed by atoms with Crippen LogP contribution in [0.4, 0.5) is 0 Å².